The van der Waals surface area contributed by atoms with Crippen LogP contribution in [0.1, 0.15) is 44.9 Å². The molecule has 0 bridgehead atoms. The molecule has 1 saturated carbocycles. The number of aliphatic hydroxyl groups excluding tert-OH is 1. The lowest BCUT2D eigenvalue weighted by Gasteiger charge is -2.38. The van der Waals surface area contributed by atoms with Crippen LogP contribution < -0.4 is 0 Å². The molecule has 1 aromatic rings. The van der Waals surface area contributed by atoms with Crippen molar-refractivity contribution in [2.75, 3.05) is 7.05 Å². The zero-order chi connectivity index (χ0) is 13.8. The third kappa shape index (κ3) is 3.57. The van der Waals surface area contributed by atoms with E-state index >= 15 is 0 Å². The van der Waals surface area contributed by atoms with Crippen molar-refractivity contribution >= 4 is 0 Å². The normalized spacial score (nSPS) is 27.9. The second kappa shape index (κ2) is 6.53. The van der Waals surface area contributed by atoms with Crippen LogP contribution in [-0.4, -0.2) is 38.8 Å². The molecule has 0 saturated heterocycles. The van der Waals surface area contributed by atoms with Gasteiger partial charge in [0.05, 0.1) is 12.6 Å². The summed E-state index contributed by atoms with van der Waals surface area (Å²) in [5.74, 6) is 1.84. The third-order valence-electron chi connectivity index (χ3n) is 4.46. The highest BCUT2D eigenvalue weighted by Gasteiger charge is 2.31. The lowest BCUT2D eigenvalue weighted by molar-refractivity contribution is 0.00840. The maximum atomic E-state index is 10.3. The highest BCUT2D eigenvalue weighted by Crippen LogP contribution is 2.31. The first-order valence-corrected chi connectivity index (χ1v) is 7.46. The average molecular weight is 265 g/mol. The van der Waals surface area contributed by atoms with Crippen LogP contribution in [0.4, 0.5) is 0 Å². The predicted octanol–water partition coefficient (Wildman–Crippen LogP) is 2.18. The van der Waals surface area contributed by atoms with E-state index in [9.17, 15) is 5.11 Å². The van der Waals surface area contributed by atoms with E-state index in [4.69, 9.17) is 0 Å². The van der Waals surface area contributed by atoms with E-state index in [0.717, 1.165) is 31.1 Å². The van der Waals surface area contributed by atoms with E-state index in [1.807, 2.05) is 19.4 Å². The summed E-state index contributed by atoms with van der Waals surface area (Å²) in [7, 11) is 4.13. The van der Waals surface area contributed by atoms with E-state index in [1.165, 1.54) is 19.3 Å². The number of imidazole rings is 1. The van der Waals surface area contributed by atoms with Crippen molar-refractivity contribution in [1.29, 1.82) is 0 Å². The number of nitrogens with zero attached hydrogens (tertiary/aromatic N) is 3. The van der Waals surface area contributed by atoms with Gasteiger partial charge in [0.2, 0.25) is 0 Å². The largest absolute Gasteiger partial charge is 0.391 e. The van der Waals surface area contributed by atoms with Gasteiger partial charge in [-0.05, 0) is 32.2 Å². The molecular formula is C15H27N3O. The van der Waals surface area contributed by atoms with Crippen LogP contribution in [-0.2, 0) is 13.6 Å². The minimum atomic E-state index is -0.182. The van der Waals surface area contributed by atoms with Crippen molar-refractivity contribution in [3.05, 3.63) is 18.2 Å². The van der Waals surface area contributed by atoms with Crippen LogP contribution in [0.15, 0.2) is 12.4 Å². The Kier molecular flexibility index (Phi) is 4.99. The summed E-state index contributed by atoms with van der Waals surface area (Å²) in [6, 6.07) is 0.280. The van der Waals surface area contributed by atoms with Crippen LogP contribution in [0.2, 0.25) is 0 Å². The molecule has 1 fully saturated rings. The second-order valence-electron chi connectivity index (χ2n) is 5.97. The van der Waals surface area contributed by atoms with Gasteiger partial charge in [-0.1, -0.05) is 19.8 Å². The highest BCUT2D eigenvalue weighted by atomic mass is 16.3. The number of hydrogen-bond acceptors (Lipinski definition) is 3. The summed E-state index contributed by atoms with van der Waals surface area (Å²) < 4.78 is 2.05. The summed E-state index contributed by atoms with van der Waals surface area (Å²) in [4.78, 5) is 6.64. The van der Waals surface area contributed by atoms with Gasteiger partial charge in [0, 0.05) is 25.5 Å². The van der Waals surface area contributed by atoms with Gasteiger partial charge in [0.1, 0.15) is 5.82 Å². The standard InChI is InChI=1S/C15H27N3O/c1-4-5-12-6-7-14(19)13(10-12)18(3)11-15-16-8-9-17(15)2/h8-9,12-14,19H,4-7,10-11H2,1-3H3. The first-order valence-electron chi connectivity index (χ1n) is 7.46. The maximum absolute atomic E-state index is 10.3. The van der Waals surface area contributed by atoms with Crippen molar-refractivity contribution < 1.29 is 5.11 Å². The number of rotatable bonds is 5. The molecule has 0 radical (unpaired) electrons. The number of aryl methyl sites for hydroxylation is 1. The molecule has 0 aliphatic heterocycles. The van der Waals surface area contributed by atoms with Gasteiger partial charge in [-0.2, -0.15) is 0 Å². The Labute approximate surface area is 116 Å². The number of aromatic nitrogens is 2. The van der Waals surface area contributed by atoms with E-state index in [1.54, 1.807) is 0 Å². The Morgan fingerprint density at radius 1 is 1.47 bits per heavy atom. The lowest BCUT2D eigenvalue weighted by Crippen LogP contribution is -2.45. The van der Waals surface area contributed by atoms with Crippen LogP contribution >= 0.6 is 0 Å². The average Bonchev–Trinajstić information content (AvgIpc) is 2.77. The lowest BCUT2D eigenvalue weighted by atomic mass is 9.81. The zero-order valence-corrected chi connectivity index (χ0v) is 12.4. The number of likely N-dealkylation sites (N-methyl/N-ethyl adjacent to an activating group) is 1. The predicted molar refractivity (Wildman–Crippen MR) is 76.7 cm³/mol. The Hall–Kier alpha value is -0.870. The van der Waals surface area contributed by atoms with Crippen molar-refractivity contribution in [3.63, 3.8) is 0 Å². The van der Waals surface area contributed by atoms with Gasteiger partial charge >= 0.3 is 0 Å². The van der Waals surface area contributed by atoms with Crippen LogP contribution in [0.5, 0.6) is 0 Å². The van der Waals surface area contributed by atoms with Crippen molar-refractivity contribution in [3.8, 4) is 0 Å². The molecule has 1 heterocycles. The zero-order valence-electron chi connectivity index (χ0n) is 12.4. The summed E-state index contributed by atoms with van der Waals surface area (Å²) in [6.45, 7) is 3.06. The summed E-state index contributed by atoms with van der Waals surface area (Å²) in [5.41, 5.74) is 0. The van der Waals surface area contributed by atoms with E-state index in [-0.39, 0.29) is 12.1 Å². The molecular weight excluding hydrogens is 238 g/mol. The smallest absolute Gasteiger partial charge is 0.122 e. The van der Waals surface area contributed by atoms with Crippen LogP contribution in [0.3, 0.4) is 0 Å². The molecule has 4 heteroatoms. The maximum Gasteiger partial charge on any atom is 0.122 e. The number of hydrogen-bond donors (Lipinski definition) is 1. The molecule has 108 valence electrons. The van der Waals surface area contributed by atoms with Crippen molar-refractivity contribution in [2.24, 2.45) is 13.0 Å². The number of aliphatic hydroxyl groups is 1. The summed E-state index contributed by atoms with van der Waals surface area (Å²) in [6.07, 6.45) is 9.41. The first-order chi connectivity index (χ1) is 9.11. The van der Waals surface area contributed by atoms with E-state index < -0.39 is 0 Å². The Balaban J connectivity index is 1.96. The minimum absolute atomic E-state index is 0.182. The van der Waals surface area contributed by atoms with Gasteiger partial charge in [-0.3, -0.25) is 4.90 Å². The molecule has 4 nitrogen and oxygen atoms in total. The minimum Gasteiger partial charge on any atom is -0.391 e. The van der Waals surface area contributed by atoms with Crippen molar-refractivity contribution in [1.82, 2.24) is 14.5 Å². The topological polar surface area (TPSA) is 41.3 Å². The molecule has 1 aromatic heterocycles. The quantitative estimate of drug-likeness (QED) is 0.887. The van der Waals surface area contributed by atoms with Crippen LogP contribution in [0, 0.1) is 5.92 Å². The molecule has 0 amide bonds. The molecule has 1 N–H and O–H groups in total. The first kappa shape index (κ1) is 14.5. The fourth-order valence-electron chi connectivity index (χ4n) is 3.25. The summed E-state index contributed by atoms with van der Waals surface area (Å²) in [5, 5.41) is 10.3. The van der Waals surface area contributed by atoms with E-state index in [0.29, 0.717) is 0 Å². The molecule has 1 aliphatic carbocycles. The third-order valence-corrected chi connectivity index (χ3v) is 4.46. The molecule has 1 aliphatic rings. The Bertz CT molecular complexity index is 390. The molecule has 3 unspecified atom stereocenters. The second-order valence-corrected chi connectivity index (χ2v) is 5.97. The van der Waals surface area contributed by atoms with Gasteiger partial charge < -0.3 is 9.67 Å². The Morgan fingerprint density at radius 3 is 2.89 bits per heavy atom. The van der Waals surface area contributed by atoms with Gasteiger partial charge in [-0.15, -0.1) is 0 Å². The van der Waals surface area contributed by atoms with Gasteiger partial charge in [0.15, 0.2) is 0 Å². The SMILES string of the molecule is CCCC1CCC(O)C(N(C)Cc2nccn2C)C1. The van der Waals surface area contributed by atoms with Crippen LogP contribution in [0.25, 0.3) is 0 Å². The fourth-order valence-corrected chi connectivity index (χ4v) is 3.25. The fraction of sp³-hybridized carbons (Fsp3) is 0.800. The molecule has 0 spiro atoms. The summed E-state index contributed by atoms with van der Waals surface area (Å²) >= 11 is 0. The van der Waals surface area contributed by atoms with Gasteiger partial charge in [-0.25, -0.2) is 4.98 Å². The highest BCUT2D eigenvalue weighted by molar-refractivity contribution is 4.93. The molecule has 0 aromatic carbocycles. The molecule has 3 atom stereocenters. The van der Waals surface area contributed by atoms with Crippen molar-refractivity contribution in [2.45, 2.75) is 57.7 Å². The molecule has 19 heavy (non-hydrogen) atoms. The van der Waals surface area contributed by atoms with E-state index in [2.05, 4.69) is 28.4 Å². The molecule has 2 rings (SSSR count). The Morgan fingerprint density at radius 2 is 2.26 bits per heavy atom. The van der Waals surface area contributed by atoms with Gasteiger partial charge in [0.25, 0.3) is 0 Å². The monoisotopic (exact) mass is 265 g/mol.